The van der Waals surface area contributed by atoms with Crippen molar-refractivity contribution in [2.45, 2.75) is 56.4 Å². The quantitative estimate of drug-likeness (QED) is 0.763. The van der Waals surface area contributed by atoms with Gasteiger partial charge in [-0.3, -0.25) is 9.58 Å². The van der Waals surface area contributed by atoms with Gasteiger partial charge in [0.2, 0.25) is 5.88 Å². The molecule has 2 aromatic heterocycles. The lowest BCUT2D eigenvalue weighted by Crippen LogP contribution is -2.52. The smallest absolute Gasteiger partial charge is 0.213 e. The summed E-state index contributed by atoms with van der Waals surface area (Å²) in [5.74, 6) is 0.727. The number of hydrogen-bond acceptors (Lipinski definition) is 5. The Bertz CT molecular complexity index is 678. The Balaban J connectivity index is 1.37. The van der Waals surface area contributed by atoms with Gasteiger partial charge in [0.15, 0.2) is 0 Å². The van der Waals surface area contributed by atoms with Crippen LogP contribution in [0.4, 0.5) is 0 Å². The summed E-state index contributed by atoms with van der Waals surface area (Å²) in [5.41, 5.74) is -0.00429. The van der Waals surface area contributed by atoms with E-state index in [0.29, 0.717) is 6.04 Å². The van der Waals surface area contributed by atoms with E-state index in [-0.39, 0.29) is 11.7 Å². The predicted octanol–water partition coefficient (Wildman–Crippen LogP) is 2.76. The molecular weight excluding hydrogens is 328 g/mol. The zero-order chi connectivity index (χ0) is 17.8. The molecule has 1 aliphatic carbocycles. The van der Waals surface area contributed by atoms with Crippen molar-refractivity contribution in [1.29, 1.82) is 0 Å². The molecule has 1 saturated carbocycles. The minimum atomic E-state index is -0.00429. The van der Waals surface area contributed by atoms with Crippen LogP contribution in [0.1, 0.15) is 32.1 Å². The lowest BCUT2D eigenvalue weighted by atomic mass is 9.79. The number of hydrogen-bond donors (Lipinski definition) is 0. The Hall–Kier alpha value is -1.92. The van der Waals surface area contributed by atoms with Crippen molar-refractivity contribution in [3.8, 4) is 5.88 Å². The number of aromatic nitrogens is 3. The Morgan fingerprint density at radius 3 is 2.92 bits per heavy atom. The molecule has 3 heterocycles. The molecule has 0 radical (unpaired) electrons. The molecule has 0 amide bonds. The van der Waals surface area contributed by atoms with Gasteiger partial charge in [-0.2, -0.15) is 5.10 Å². The maximum atomic E-state index is 6.16. The third-order valence-electron chi connectivity index (χ3n) is 5.97. The molecule has 1 saturated heterocycles. The van der Waals surface area contributed by atoms with E-state index in [1.807, 2.05) is 48.5 Å². The number of aryl methyl sites for hydroxylation is 1. The van der Waals surface area contributed by atoms with Crippen LogP contribution in [0.3, 0.4) is 0 Å². The molecule has 2 aliphatic rings. The molecule has 2 fully saturated rings. The lowest BCUT2D eigenvalue weighted by molar-refractivity contribution is -0.0833. The summed E-state index contributed by atoms with van der Waals surface area (Å²) in [7, 11) is 1.88. The first-order chi connectivity index (χ1) is 12.8. The molecule has 3 atom stereocenters. The molecular formula is C20H28N4O2. The van der Waals surface area contributed by atoms with Gasteiger partial charge in [0.05, 0.1) is 5.60 Å². The SMILES string of the molecule is CO[C@@]12CC[C@H](Oc3ccccn3)C[C@@H]1N(CCCn1cccn1)CC2. The van der Waals surface area contributed by atoms with E-state index in [2.05, 4.69) is 15.0 Å². The first-order valence-corrected chi connectivity index (χ1v) is 9.63. The van der Waals surface area contributed by atoms with Crippen molar-refractivity contribution in [3.05, 3.63) is 42.9 Å². The summed E-state index contributed by atoms with van der Waals surface area (Å²) >= 11 is 0. The second-order valence-corrected chi connectivity index (χ2v) is 7.38. The zero-order valence-electron chi connectivity index (χ0n) is 15.5. The van der Waals surface area contributed by atoms with E-state index >= 15 is 0 Å². The standard InChI is InChI=1S/C20H28N4O2/c1-25-20-8-7-17(26-19-6-2-3-10-21-19)16-18(20)23(15-9-20)12-5-14-24-13-4-11-22-24/h2-4,6,10-11,13,17-18H,5,7-9,12,14-16H2,1H3/t17-,18-,20+/m0/s1. The highest BCUT2D eigenvalue weighted by Crippen LogP contribution is 2.43. The van der Waals surface area contributed by atoms with Gasteiger partial charge in [-0.15, -0.1) is 0 Å². The van der Waals surface area contributed by atoms with Crippen LogP contribution >= 0.6 is 0 Å². The number of methoxy groups -OCH3 is 1. The van der Waals surface area contributed by atoms with Crippen LogP contribution in [0.2, 0.25) is 0 Å². The molecule has 6 nitrogen and oxygen atoms in total. The first-order valence-electron chi connectivity index (χ1n) is 9.63. The number of likely N-dealkylation sites (tertiary alicyclic amines) is 1. The van der Waals surface area contributed by atoms with Crippen LogP contribution in [0, 0.1) is 0 Å². The Kier molecular flexibility index (Phi) is 5.22. The molecule has 0 bridgehead atoms. The van der Waals surface area contributed by atoms with Crippen molar-refractivity contribution in [2.75, 3.05) is 20.2 Å². The van der Waals surface area contributed by atoms with Gasteiger partial charge in [-0.05, 0) is 37.8 Å². The number of fused-ring (bicyclic) bond motifs is 1. The molecule has 0 unspecified atom stereocenters. The Morgan fingerprint density at radius 2 is 2.15 bits per heavy atom. The van der Waals surface area contributed by atoms with Crippen LogP contribution in [0.5, 0.6) is 5.88 Å². The molecule has 0 aromatic carbocycles. The lowest BCUT2D eigenvalue weighted by Gasteiger charge is -2.43. The van der Waals surface area contributed by atoms with Crippen LogP contribution in [0.15, 0.2) is 42.9 Å². The van der Waals surface area contributed by atoms with E-state index in [4.69, 9.17) is 9.47 Å². The highest BCUT2D eigenvalue weighted by Gasteiger charge is 2.51. The number of ether oxygens (including phenoxy) is 2. The van der Waals surface area contributed by atoms with Gasteiger partial charge in [0, 0.05) is 63.9 Å². The summed E-state index contributed by atoms with van der Waals surface area (Å²) in [6.45, 7) is 3.14. The summed E-state index contributed by atoms with van der Waals surface area (Å²) in [6, 6.07) is 8.23. The van der Waals surface area contributed by atoms with Crippen molar-refractivity contribution in [2.24, 2.45) is 0 Å². The highest BCUT2D eigenvalue weighted by molar-refractivity contribution is 5.11. The van der Waals surface area contributed by atoms with E-state index in [1.54, 1.807) is 6.20 Å². The van der Waals surface area contributed by atoms with Crippen LogP contribution in [0.25, 0.3) is 0 Å². The average Bonchev–Trinajstić information content (AvgIpc) is 3.31. The zero-order valence-corrected chi connectivity index (χ0v) is 15.5. The predicted molar refractivity (Wildman–Crippen MR) is 99.1 cm³/mol. The fourth-order valence-corrected chi connectivity index (χ4v) is 4.59. The van der Waals surface area contributed by atoms with Crippen LogP contribution < -0.4 is 4.74 Å². The first kappa shape index (κ1) is 17.5. The number of rotatable bonds is 7. The fraction of sp³-hybridized carbons (Fsp3) is 0.600. The van der Waals surface area contributed by atoms with Gasteiger partial charge < -0.3 is 9.47 Å². The topological polar surface area (TPSA) is 52.4 Å². The minimum absolute atomic E-state index is 0.00429. The van der Waals surface area contributed by atoms with Gasteiger partial charge in [-0.1, -0.05) is 6.07 Å². The molecule has 0 spiro atoms. The van der Waals surface area contributed by atoms with Crippen molar-refractivity contribution < 1.29 is 9.47 Å². The van der Waals surface area contributed by atoms with Gasteiger partial charge in [0.25, 0.3) is 0 Å². The molecule has 4 rings (SSSR count). The molecule has 1 aliphatic heterocycles. The summed E-state index contributed by atoms with van der Waals surface area (Å²) < 4.78 is 14.2. The van der Waals surface area contributed by atoms with E-state index in [0.717, 1.165) is 57.6 Å². The molecule has 0 N–H and O–H groups in total. The monoisotopic (exact) mass is 356 g/mol. The Morgan fingerprint density at radius 1 is 1.19 bits per heavy atom. The summed E-state index contributed by atoms with van der Waals surface area (Å²) in [6.07, 6.45) is 11.2. The highest BCUT2D eigenvalue weighted by atomic mass is 16.5. The normalized spacial score (nSPS) is 28.8. The van der Waals surface area contributed by atoms with E-state index < -0.39 is 0 Å². The number of nitrogens with zero attached hydrogens (tertiary/aromatic N) is 4. The average molecular weight is 356 g/mol. The maximum Gasteiger partial charge on any atom is 0.213 e. The van der Waals surface area contributed by atoms with Gasteiger partial charge in [0.1, 0.15) is 6.10 Å². The third kappa shape index (κ3) is 3.62. The number of pyridine rings is 1. The van der Waals surface area contributed by atoms with Crippen molar-refractivity contribution in [1.82, 2.24) is 19.7 Å². The Labute approximate surface area is 155 Å². The van der Waals surface area contributed by atoms with Crippen molar-refractivity contribution in [3.63, 3.8) is 0 Å². The fourth-order valence-electron chi connectivity index (χ4n) is 4.59. The summed E-state index contributed by atoms with van der Waals surface area (Å²) in [5, 5.41) is 4.30. The van der Waals surface area contributed by atoms with E-state index in [1.165, 1.54) is 0 Å². The largest absolute Gasteiger partial charge is 0.474 e. The van der Waals surface area contributed by atoms with Crippen molar-refractivity contribution >= 4 is 0 Å². The molecule has 6 heteroatoms. The molecule has 2 aromatic rings. The van der Waals surface area contributed by atoms with Gasteiger partial charge in [-0.25, -0.2) is 4.98 Å². The van der Waals surface area contributed by atoms with Crippen LogP contribution in [-0.4, -0.2) is 57.6 Å². The minimum Gasteiger partial charge on any atom is -0.474 e. The second kappa shape index (κ2) is 7.76. The summed E-state index contributed by atoms with van der Waals surface area (Å²) in [4.78, 5) is 6.91. The molecule has 26 heavy (non-hydrogen) atoms. The van der Waals surface area contributed by atoms with E-state index in [9.17, 15) is 0 Å². The maximum absolute atomic E-state index is 6.16. The molecule has 140 valence electrons. The van der Waals surface area contributed by atoms with Gasteiger partial charge >= 0.3 is 0 Å². The second-order valence-electron chi connectivity index (χ2n) is 7.38. The third-order valence-corrected chi connectivity index (χ3v) is 5.97. The van der Waals surface area contributed by atoms with Crippen LogP contribution in [-0.2, 0) is 11.3 Å².